The van der Waals surface area contributed by atoms with Crippen LogP contribution < -0.4 is 10.2 Å². The zero-order valence-electron chi connectivity index (χ0n) is 15.3. The summed E-state index contributed by atoms with van der Waals surface area (Å²) in [4.78, 5) is 23.5. The van der Waals surface area contributed by atoms with Crippen molar-refractivity contribution in [3.8, 4) is 17.1 Å². The highest BCUT2D eigenvalue weighted by atomic mass is 35.5. The fourth-order valence-electron chi connectivity index (χ4n) is 2.98. The van der Waals surface area contributed by atoms with E-state index in [0.717, 1.165) is 0 Å². The Labute approximate surface area is 180 Å². The molecule has 6 nitrogen and oxygen atoms in total. The maximum absolute atomic E-state index is 13.1. The van der Waals surface area contributed by atoms with Crippen LogP contribution in [0.3, 0.4) is 0 Å². The van der Waals surface area contributed by atoms with Crippen molar-refractivity contribution >= 4 is 39.9 Å². The van der Waals surface area contributed by atoms with Gasteiger partial charge in [0.05, 0.1) is 15.3 Å². The van der Waals surface area contributed by atoms with Crippen LogP contribution in [-0.2, 0) is 6.61 Å². The standard InChI is InChI=1S/C22H13Cl2NO5/c23-14-7-10-16(18(24)11-14)21-22(20(26)17-3-1-2-4-19(17)30-21)29-12-13-5-8-15(9-6-13)25(27)28/h1-11H,12H2. The molecular weight excluding hydrogens is 429 g/mol. The molecule has 1 aromatic heterocycles. The molecular formula is C22H13Cl2NO5. The van der Waals surface area contributed by atoms with Crippen molar-refractivity contribution in [1.29, 1.82) is 0 Å². The van der Waals surface area contributed by atoms with E-state index >= 15 is 0 Å². The Balaban J connectivity index is 1.79. The third-order valence-corrected chi connectivity index (χ3v) is 5.01. The number of rotatable bonds is 5. The quantitative estimate of drug-likeness (QED) is 0.269. The molecule has 0 bridgehead atoms. The second-order valence-electron chi connectivity index (χ2n) is 6.42. The molecule has 0 radical (unpaired) electrons. The Kier molecular flexibility index (Phi) is 5.44. The third-order valence-electron chi connectivity index (χ3n) is 4.46. The molecule has 1 heterocycles. The van der Waals surface area contributed by atoms with Gasteiger partial charge in [0.2, 0.25) is 11.2 Å². The molecule has 8 heteroatoms. The maximum Gasteiger partial charge on any atom is 0.269 e. The van der Waals surface area contributed by atoms with E-state index in [4.69, 9.17) is 32.4 Å². The number of fused-ring (bicyclic) bond motifs is 1. The molecule has 0 fully saturated rings. The van der Waals surface area contributed by atoms with Gasteiger partial charge in [0.25, 0.3) is 5.69 Å². The van der Waals surface area contributed by atoms with Crippen LogP contribution in [-0.4, -0.2) is 4.92 Å². The summed E-state index contributed by atoms with van der Waals surface area (Å²) >= 11 is 12.3. The fourth-order valence-corrected chi connectivity index (χ4v) is 3.47. The highest BCUT2D eigenvalue weighted by Crippen LogP contribution is 2.36. The van der Waals surface area contributed by atoms with E-state index in [1.165, 1.54) is 12.1 Å². The van der Waals surface area contributed by atoms with Crippen LogP contribution in [0.5, 0.6) is 5.75 Å². The van der Waals surface area contributed by atoms with Gasteiger partial charge in [-0.15, -0.1) is 0 Å². The first-order chi connectivity index (χ1) is 14.4. The lowest BCUT2D eigenvalue weighted by molar-refractivity contribution is -0.384. The number of nitro benzene ring substituents is 1. The Morgan fingerprint density at radius 3 is 2.43 bits per heavy atom. The van der Waals surface area contributed by atoms with Crippen molar-refractivity contribution in [2.45, 2.75) is 6.61 Å². The Bertz CT molecular complexity index is 1320. The molecule has 0 aliphatic carbocycles. The first kappa shape index (κ1) is 19.9. The number of hydrogen-bond donors (Lipinski definition) is 0. The number of benzene rings is 3. The zero-order valence-corrected chi connectivity index (χ0v) is 16.8. The van der Waals surface area contributed by atoms with Crippen LogP contribution in [0.25, 0.3) is 22.3 Å². The van der Waals surface area contributed by atoms with Crippen LogP contribution in [0, 0.1) is 10.1 Å². The molecule has 4 rings (SSSR count). The van der Waals surface area contributed by atoms with Crippen molar-refractivity contribution in [3.63, 3.8) is 0 Å². The van der Waals surface area contributed by atoms with E-state index in [9.17, 15) is 14.9 Å². The van der Waals surface area contributed by atoms with Crippen LogP contribution >= 0.6 is 23.2 Å². The van der Waals surface area contributed by atoms with Crippen molar-refractivity contribution in [1.82, 2.24) is 0 Å². The minimum absolute atomic E-state index is 0.00345. The Morgan fingerprint density at radius 2 is 1.73 bits per heavy atom. The average Bonchev–Trinajstić information content (AvgIpc) is 2.73. The van der Waals surface area contributed by atoms with E-state index in [1.54, 1.807) is 54.6 Å². The lowest BCUT2D eigenvalue weighted by atomic mass is 10.1. The molecule has 0 unspecified atom stereocenters. The monoisotopic (exact) mass is 441 g/mol. The van der Waals surface area contributed by atoms with E-state index in [-0.39, 0.29) is 29.2 Å². The molecule has 0 aliphatic heterocycles. The topological polar surface area (TPSA) is 82.6 Å². The largest absolute Gasteiger partial charge is 0.481 e. The van der Waals surface area contributed by atoms with Crippen molar-refractivity contribution in [3.05, 3.63) is 103 Å². The maximum atomic E-state index is 13.1. The second-order valence-corrected chi connectivity index (χ2v) is 7.27. The number of non-ortho nitro benzene ring substituents is 1. The average molecular weight is 442 g/mol. The summed E-state index contributed by atoms with van der Waals surface area (Å²) in [7, 11) is 0. The Morgan fingerprint density at radius 1 is 1.00 bits per heavy atom. The molecule has 0 amide bonds. The molecule has 0 N–H and O–H groups in total. The molecule has 150 valence electrons. The number of hydrogen-bond acceptors (Lipinski definition) is 5. The molecule has 0 spiro atoms. The normalized spacial score (nSPS) is 10.9. The molecule has 0 saturated carbocycles. The summed E-state index contributed by atoms with van der Waals surface area (Å²) < 4.78 is 11.8. The summed E-state index contributed by atoms with van der Waals surface area (Å²) in [5.74, 6) is 0.179. The molecule has 3 aromatic carbocycles. The van der Waals surface area contributed by atoms with Gasteiger partial charge in [0.1, 0.15) is 12.2 Å². The first-order valence-electron chi connectivity index (χ1n) is 8.81. The van der Waals surface area contributed by atoms with E-state index in [0.29, 0.717) is 32.1 Å². The summed E-state index contributed by atoms with van der Waals surface area (Å²) in [6.07, 6.45) is 0. The molecule has 0 saturated heterocycles. The summed E-state index contributed by atoms with van der Waals surface area (Å²) in [6, 6.07) is 17.5. The van der Waals surface area contributed by atoms with Crippen LogP contribution in [0.1, 0.15) is 5.56 Å². The molecule has 0 atom stereocenters. The molecule has 4 aromatic rings. The van der Waals surface area contributed by atoms with Gasteiger partial charge in [-0.2, -0.15) is 0 Å². The van der Waals surface area contributed by atoms with Crippen LogP contribution in [0.2, 0.25) is 10.0 Å². The van der Waals surface area contributed by atoms with E-state index in [1.807, 2.05) is 0 Å². The number of nitro groups is 1. The van der Waals surface area contributed by atoms with Gasteiger partial charge in [-0.1, -0.05) is 35.3 Å². The van der Waals surface area contributed by atoms with Gasteiger partial charge in [-0.25, -0.2) is 0 Å². The number of halogens is 2. The minimum Gasteiger partial charge on any atom is -0.481 e. The second kappa shape index (κ2) is 8.18. The lowest BCUT2D eigenvalue weighted by Gasteiger charge is -2.13. The fraction of sp³-hybridized carbons (Fsp3) is 0.0455. The highest BCUT2D eigenvalue weighted by Gasteiger charge is 2.20. The van der Waals surface area contributed by atoms with Crippen LogP contribution in [0.4, 0.5) is 5.69 Å². The van der Waals surface area contributed by atoms with Crippen molar-refractivity contribution in [2.24, 2.45) is 0 Å². The van der Waals surface area contributed by atoms with Gasteiger partial charge < -0.3 is 9.15 Å². The SMILES string of the molecule is O=c1c(OCc2ccc([N+](=O)[O-])cc2)c(-c2ccc(Cl)cc2Cl)oc2ccccc12. The van der Waals surface area contributed by atoms with Gasteiger partial charge in [0.15, 0.2) is 5.76 Å². The predicted octanol–water partition coefficient (Wildman–Crippen LogP) is 6.25. The molecule has 0 aliphatic rings. The van der Waals surface area contributed by atoms with Gasteiger partial charge in [0, 0.05) is 22.7 Å². The van der Waals surface area contributed by atoms with Gasteiger partial charge in [-0.3, -0.25) is 14.9 Å². The number of ether oxygens (including phenoxy) is 1. The third kappa shape index (κ3) is 3.87. The van der Waals surface area contributed by atoms with Crippen molar-refractivity contribution < 1.29 is 14.1 Å². The number of nitrogens with zero attached hydrogens (tertiary/aromatic N) is 1. The highest BCUT2D eigenvalue weighted by molar-refractivity contribution is 6.36. The van der Waals surface area contributed by atoms with Gasteiger partial charge in [-0.05, 0) is 48.0 Å². The predicted molar refractivity (Wildman–Crippen MR) is 115 cm³/mol. The minimum atomic E-state index is -0.483. The lowest BCUT2D eigenvalue weighted by Crippen LogP contribution is -2.10. The van der Waals surface area contributed by atoms with Gasteiger partial charge >= 0.3 is 0 Å². The van der Waals surface area contributed by atoms with E-state index < -0.39 is 4.92 Å². The van der Waals surface area contributed by atoms with Crippen molar-refractivity contribution in [2.75, 3.05) is 0 Å². The molecule has 30 heavy (non-hydrogen) atoms. The summed E-state index contributed by atoms with van der Waals surface area (Å²) in [6.45, 7) is 0.0132. The number of para-hydroxylation sites is 1. The Hall–Kier alpha value is -3.35. The van der Waals surface area contributed by atoms with E-state index in [2.05, 4.69) is 0 Å². The zero-order chi connectivity index (χ0) is 21.3. The summed E-state index contributed by atoms with van der Waals surface area (Å²) in [5.41, 5.74) is 1.13. The smallest absolute Gasteiger partial charge is 0.269 e. The summed E-state index contributed by atoms with van der Waals surface area (Å²) in [5, 5.41) is 11.9. The first-order valence-corrected chi connectivity index (χ1v) is 9.57. The van der Waals surface area contributed by atoms with Crippen LogP contribution in [0.15, 0.2) is 75.9 Å².